The number of phosphoric acid groups is 1. The smallest absolute Gasteiger partial charge is 0.457 e. The van der Waals surface area contributed by atoms with Crippen molar-refractivity contribution in [3.63, 3.8) is 0 Å². The van der Waals surface area contributed by atoms with Gasteiger partial charge < -0.3 is 18.9 Å². The summed E-state index contributed by atoms with van der Waals surface area (Å²) in [5, 5.41) is 0. The lowest BCUT2D eigenvalue weighted by atomic mass is 10.0. The number of carbonyl (C=O) groups excluding carboxylic acids is 1. The van der Waals surface area contributed by atoms with Crippen LogP contribution in [0.1, 0.15) is 226 Å². The SMILES string of the molecule is CCCCCCC/C=C\C/C=C\C/C=C\CCCCCCCCC(=O)OC(COCCCCCCCCCCCCCCCCCCC)COP(=O)(O)OCC[N+](C)(C)C. The number of hydrogen-bond donors (Lipinski definition) is 1. The van der Waals surface area contributed by atoms with Gasteiger partial charge in [-0.1, -0.05) is 204 Å². The van der Waals surface area contributed by atoms with Crippen LogP contribution in [-0.4, -0.2) is 75.6 Å². The van der Waals surface area contributed by atoms with Crippen LogP contribution in [0, 0.1) is 0 Å². The van der Waals surface area contributed by atoms with Gasteiger partial charge in [-0.3, -0.25) is 13.8 Å². The van der Waals surface area contributed by atoms with Gasteiger partial charge in [0, 0.05) is 13.0 Å². The second-order valence-corrected chi connectivity index (χ2v) is 19.7. The normalized spacial score (nSPS) is 13.9. The van der Waals surface area contributed by atoms with Crippen LogP contribution in [0.5, 0.6) is 0 Å². The van der Waals surface area contributed by atoms with Gasteiger partial charge in [0.15, 0.2) is 0 Å². The second-order valence-electron chi connectivity index (χ2n) is 18.2. The first-order chi connectivity index (χ1) is 29.1. The molecule has 0 bridgehead atoms. The molecule has 354 valence electrons. The van der Waals surface area contributed by atoms with E-state index in [-0.39, 0.29) is 25.8 Å². The van der Waals surface area contributed by atoms with Crippen molar-refractivity contribution in [3.05, 3.63) is 36.5 Å². The van der Waals surface area contributed by atoms with Crippen molar-refractivity contribution in [2.45, 2.75) is 232 Å². The van der Waals surface area contributed by atoms with E-state index in [0.29, 0.717) is 24.1 Å². The average molecular weight is 869 g/mol. The molecule has 8 nitrogen and oxygen atoms in total. The molecule has 0 fully saturated rings. The van der Waals surface area contributed by atoms with Gasteiger partial charge in [0.1, 0.15) is 19.3 Å². The minimum atomic E-state index is -4.28. The fraction of sp³-hybridized carbons (Fsp3) is 0.863. The molecular formula is C51H99NO7P+. The third-order valence-electron chi connectivity index (χ3n) is 11.0. The Labute approximate surface area is 372 Å². The van der Waals surface area contributed by atoms with Gasteiger partial charge in [0.2, 0.25) is 0 Å². The number of unbranched alkanes of at least 4 members (excludes halogenated alkanes) is 27. The highest BCUT2D eigenvalue weighted by Gasteiger charge is 2.26. The van der Waals surface area contributed by atoms with Crippen LogP contribution >= 0.6 is 7.82 Å². The molecule has 0 aromatic heterocycles. The molecule has 0 amide bonds. The topological polar surface area (TPSA) is 91.3 Å². The molecule has 1 N–H and O–H groups in total. The van der Waals surface area contributed by atoms with Crippen LogP contribution in [0.4, 0.5) is 0 Å². The van der Waals surface area contributed by atoms with E-state index in [2.05, 4.69) is 50.3 Å². The molecule has 0 rings (SSSR count). The Morgan fingerprint density at radius 3 is 1.37 bits per heavy atom. The molecule has 0 aliphatic heterocycles. The summed E-state index contributed by atoms with van der Waals surface area (Å²) in [5.74, 6) is -0.322. The summed E-state index contributed by atoms with van der Waals surface area (Å²) in [6, 6.07) is 0. The summed E-state index contributed by atoms with van der Waals surface area (Å²) in [6.07, 6.45) is 53.2. The summed E-state index contributed by atoms with van der Waals surface area (Å²) < 4.78 is 35.1. The minimum Gasteiger partial charge on any atom is -0.457 e. The van der Waals surface area contributed by atoms with Crippen LogP contribution in [0.15, 0.2) is 36.5 Å². The number of ether oxygens (including phenoxy) is 2. The van der Waals surface area contributed by atoms with Crippen LogP contribution in [0.2, 0.25) is 0 Å². The monoisotopic (exact) mass is 869 g/mol. The summed E-state index contributed by atoms with van der Waals surface area (Å²) >= 11 is 0. The van der Waals surface area contributed by atoms with Crippen LogP contribution in [-0.2, 0) is 27.9 Å². The third-order valence-corrected chi connectivity index (χ3v) is 11.9. The molecule has 0 aromatic carbocycles. The second kappa shape index (κ2) is 44.3. The zero-order valence-electron chi connectivity index (χ0n) is 40.2. The first-order valence-corrected chi connectivity index (χ1v) is 26.7. The van der Waals surface area contributed by atoms with Gasteiger partial charge in [0.05, 0.1) is 34.4 Å². The Hall–Kier alpha value is -1.28. The molecular weight excluding hydrogens is 770 g/mol. The largest absolute Gasteiger partial charge is 0.472 e. The van der Waals surface area contributed by atoms with E-state index in [4.69, 9.17) is 18.5 Å². The lowest BCUT2D eigenvalue weighted by molar-refractivity contribution is -0.870. The van der Waals surface area contributed by atoms with Crippen LogP contribution in [0.25, 0.3) is 0 Å². The van der Waals surface area contributed by atoms with Crippen LogP contribution in [0.3, 0.4) is 0 Å². The van der Waals surface area contributed by atoms with E-state index >= 15 is 0 Å². The number of likely N-dealkylation sites (N-methyl/N-ethyl adjacent to an activating group) is 1. The van der Waals surface area contributed by atoms with Gasteiger partial charge in [0.25, 0.3) is 0 Å². The molecule has 2 atom stereocenters. The van der Waals surface area contributed by atoms with E-state index in [1.165, 1.54) is 148 Å². The molecule has 0 spiro atoms. The minimum absolute atomic E-state index is 0.0868. The summed E-state index contributed by atoms with van der Waals surface area (Å²) in [6.45, 7) is 5.63. The quantitative estimate of drug-likeness (QED) is 0.0214. The van der Waals surface area contributed by atoms with Crippen molar-refractivity contribution in [2.75, 3.05) is 54.1 Å². The zero-order chi connectivity index (χ0) is 44.1. The number of allylic oxidation sites excluding steroid dienone is 6. The Morgan fingerprint density at radius 1 is 0.517 bits per heavy atom. The molecule has 0 saturated carbocycles. The number of quaternary nitrogens is 1. The van der Waals surface area contributed by atoms with E-state index in [1.807, 2.05) is 21.1 Å². The first-order valence-electron chi connectivity index (χ1n) is 25.2. The molecule has 0 saturated heterocycles. The molecule has 0 aromatic rings. The summed E-state index contributed by atoms with van der Waals surface area (Å²) in [7, 11) is 1.66. The number of carbonyl (C=O) groups is 1. The molecule has 2 unspecified atom stereocenters. The van der Waals surface area contributed by atoms with Crippen molar-refractivity contribution in [2.24, 2.45) is 0 Å². The molecule has 0 radical (unpaired) electrons. The summed E-state index contributed by atoms with van der Waals surface area (Å²) in [5.41, 5.74) is 0. The van der Waals surface area contributed by atoms with Gasteiger partial charge in [-0.15, -0.1) is 0 Å². The highest BCUT2D eigenvalue weighted by atomic mass is 31.2. The van der Waals surface area contributed by atoms with Gasteiger partial charge in [-0.2, -0.15) is 0 Å². The molecule has 0 aliphatic rings. The fourth-order valence-electron chi connectivity index (χ4n) is 7.03. The molecule has 9 heteroatoms. The Balaban J connectivity index is 4.18. The molecule has 0 heterocycles. The van der Waals surface area contributed by atoms with Gasteiger partial charge >= 0.3 is 13.8 Å². The predicted octanol–water partition coefficient (Wildman–Crippen LogP) is 15.3. The van der Waals surface area contributed by atoms with Crippen LogP contribution < -0.4 is 0 Å². The Kier molecular flexibility index (Phi) is 43.4. The van der Waals surface area contributed by atoms with Gasteiger partial charge in [-0.25, -0.2) is 4.57 Å². The highest BCUT2D eigenvalue weighted by Crippen LogP contribution is 2.43. The number of nitrogens with zero attached hydrogens (tertiary/aromatic N) is 1. The van der Waals surface area contributed by atoms with Crippen molar-refractivity contribution < 1.29 is 37.3 Å². The van der Waals surface area contributed by atoms with Gasteiger partial charge in [-0.05, 0) is 51.4 Å². The highest BCUT2D eigenvalue weighted by molar-refractivity contribution is 7.47. The van der Waals surface area contributed by atoms with Crippen molar-refractivity contribution in [1.82, 2.24) is 0 Å². The average Bonchev–Trinajstić information content (AvgIpc) is 3.20. The summed E-state index contributed by atoms with van der Waals surface area (Å²) in [4.78, 5) is 23.0. The Bertz CT molecular complexity index is 1060. The number of phosphoric ester groups is 1. The molecule has 0 aliphatic carbocycles. The lowest BCUT2D eigenvalue weighted by Crippen LogP contribution is -2.37. The maximum atomic E-state index is 12.7. The lowest BCUT2D eigenvalue weighted by Gasteiger charge is -2.24. The maximum Gasteiger partial charge on any atom is 0.472 e. The maximum absolute atomic E-state index is 12.7. The van der Waals surface area contributed by atoms with Crippen molar-refractivity contribution >= 4 is 13.8 Å². The van der Waals surface area contributed by atoms with E-state index in [9.17, 15) is 14.3 Å². The van der Waals surface area contributed by atoms with E-state index in [1.54, 1.807) is 0 Å². The Morgan fingerprint density at radius 2 is 0.917 bits per heavy atom. The van der Waals surface area contributed by atoms with Crippen molar-refractivity contribution in [3.8, 4) is 0 Å². The first kappa shape index (κ1) is 58.7. The number of esters is 1. The number of rotatable bonds is 47. The molecule has 60 heavy (non-hydrogen) atoms. The zero-order valence-corrected chi connectivity index (χ0v) is 41.1. The third kappa shape index (κ3) is 47.8. The van der Waals surface area contributed by atoms with E-state index < -0.39 is 13.9 Å². The number of hydrogen-bond acceptors (Lipinski definition) is 6. The van der Waals surface area contributed by atoms with Crippen molar-refractivity contribution in [1.29, 1.82) is 0 Å². The van der Waals surface area contributed by atoms with E-state index in [0.717, 1.165) is 57.8 Å². The predicted molar refractivity (Wildman–Crippen MR) is 256 cm³/mol. The standard InChI is InChI=1S/C51H98NO7P/c1-6-8-10-12-14-16-18-20-22-24-25-26-27-28-30-32-34-36-38-40-42-44-51(53)59-50(49-58-60(54,55)57-47-45-52(3,4)5)48-56-46-43-41-39-37-35-33-31-29-23-21-19-17-15-13-11-9-7-2/h18,20,24-25,27-28,50H,6-17,19,21-23,26,29-49H2,1-5H3/p+1/b20-18-,25-24-,28-27-. The fourth-order valence-corrected chi connectivity index (χ4v) is 7.77.